The summed E-state index contributed by atoms with van der Waals surface area (Å²) >= 11 is 0. The van der Waals surface area contributed by atoms with E-state index in [1.54, 1.807) is 44.2 Å². The number of carboxylic acids is 2. The lowest BCUT2D eigenvalue weighted by Crippen LogP contribution is -2.48. The van der Waals surface area contributed by atoms with Gasteiger partial charge in [-0.25, -0.2) is 14.4 Å². The number of hydrogen-bond donors (Lipinski definition) is 2. The van der Waals surface area contributed by atoms with Crippen LogP contribution in [0.1, 0.15) is 50.5 Å². The molecular weight excluding hydrogens is 464 g/mol. The van der Waals surface area contributed by atoms with Crippen LogP contribution in [0.4, 0.5) is 0 Å². The molecule has 0 saturated heterocycles. The summed E-state index contributed by atoms with van der Waals surface area (Å²) in [5, 5.41) is 17.3. The van der Waals surface area contributed by atoms with Crippen LogP contribution in [-0.2, 0) is 23.9 Å². The zero-order chi connectivity index (χ0) is 27.4. The largest absolute Gasteiger partial charge is 0.478 e. The molecule has 0 bridgehead atoms. The standard InChI is InChI=1S/C16H22O4.C12H12O4/c1-5-20-14(19)16(15(2,3)4)11-7-6-8-12(16)9-10-13(17)18;1-2-16-12(15)10-6-4-3-5-9(10)7-8-11(13)14/h6-12H,5H2,1-4H3,(H,17,18);3-8H,2H2,1H3,(H,13,14)/b10-9+;8-7+. The van der Waals surface area contributed by atoms with E-state index >= 15 is 0 Å². The third-order valence-corrected chi connectivity index (χ3v) is 5.48. The molecule has 1 aliphatic rings. The number of rotatable bonds is 8. The minimum absolute atomic E-state index is 0.288. The molecule has 8 heteroatoms. The fourth-order valence-electron chi connectivity index (χ4n) is 3.76. The lowest BCUT2D eigenvalue weighted by atomic mass is 9.58. The number of benzene rings is 1. The van der Waals surface area contributed by atoms with Crippen molar-refractivity contribution < 1.29 is 38.9 Å². The Morgan fingerprint density at radius 1 is 0.944 bits per heavy atom. The van der Waals surface area contributed by atoms with Crippen LogP contribution in [0.15, 0.2) is 66.8 Å². The van der Waals surface area contributed by atoms with Gasteiger partial charge in [0.25, 0.3) is 0 Å². The molecule has 0 amide bonds. The van der Waals surface area contributed by atoms with Crippen LogP contribution in [0.2, 0.25) is 0 Å². The van der Waals surface area contributed by atoms with Gasteiger partial charge in [0.1, 0.15) is 5.41 Å². The summed E-state index contributed by atoms with van der Waals surface area (Å²) in [7, 11) is 0. The van der Waals surface area contributed by atoms with E-state index in [-0.39, 0.29) is 18.5 Å². The first-order chi connectivity index (χ1) is 16.9. The Morgan fingerprint density at radius 2 is 1.56 bits per heavy atom. The summed E-state index contributed by atoms with van der Waals surface area (Å²) in [6, 6.07) is 6.68. The molecular formula is C28H34O8. The van der Waals surface area contributed by atoms with Crippen LogP contribution in [0.5, 0.6) is 0 Å². The van der Waals surface area contributed by atoms with Crippen LogP contribution < -0.4 is 0 Å². The molecule has 194 valence electrons. The normalized spacial score (nSPS) is 19.0. The number of carbonyl (C=O) groups is 4. The fraction of sp³-hybridized carbons (Fsp3) is 0.357. The number of esters is 2. The van der Waals surface area contributed by atoms with E-state index in [0.717, 1.165) is 12.2 Å². The second-order valence-electron chi connectivity index (χ2n) is 8.79. The van der Waals surface area contributed by atoms with Crippen molar-refractivity contribution in [1.29, 1.82) is 0 Å². The first kappa shape index (κ1) is 30.1. The van der Waals surface area contributed by atoms with Gasteiger partial charge in [-0.05, 0) is 37.0 Å². The van der Waals surface area contributed by atoms with E-state index in [9.17, 15) is 19.2 Å². The number of aliphatic carboxylic acids is 2. The van der Waals surface area contributed by atoms with E-state index < -0.39 is 28.7 Å². The van der Waals surface area contributed by atoms with Crippen LogP contribution in [0.3, 0.4) is 0 Å². The van der Waals surface area contributed by atoms with Gasteiger partial charge >= 0.3 is 23.9 Å². The van der Waals surface area contributed by atoms with Gasteiger partial charge in [-0.1, -0.05) is 69.4 Å². The van der Waals surface area contributed by atoms with Crippen molar-refractivity contribution in [2.75, 3.05) is 13.2 Å². The van der Waals surface area contributed by atoms with Crippen molar-refractivity contribution in [2.24, 2.45) is 16.7 Å². The summed E-state index contributed by atoms with van der Waals surface area (Å²) in [6.45, 7) is 9.92. The molecule has 1 aliphatic carbocycles. The quantitative estimate of drug-likeness (QED) is 0.382. The Labute approximate surface area is 211 Å². The van der Waals surface area contributed by atoms with Crippen LogP contribution in [-0.4, -0.2) is 47.3 Å². The van der Waals surface area contributed by atoms with Crippen molar-refractivity contribution in [1.82, 2.24) is 0 Å². The molecule has 2 N–H and O–H groups in total. The minimum Gasteiger partial charge on any atom is -0.478 e. The highest BCUT2D eigenvalue weighted by atomic mass is 16.5. The number of allylic oxidation sites excluding steroid dienone is 4. The molecule has 2 rings (SSSR count). The van der Waals surface area contributed by atoms with E-state index in [1.165, 1.54) is 6.08 Å². The summed E-state index contributed by atoms with van der Waals surface area (Å²) in [5.41, 5.74) is -0.414. The zero-order valence-corrected chi connectivity index (χ0v) is 21.3. The van der Waals surface area contributed by atoms with E-state index in [1.807, 2.05) is 45.1 Å². The number of carbonyl (C=O) groups excluding carboxylic acids is 2. The molecule has 0 heterocycles. The van der Waals surface area contributed by atoms with Gasteiger partial charge in [0.2, 0.25) is 0 Å². The van der Waals surface area contributed by atoms with Crippen molar-refractivity contribution in [3.8, 4) is 0 Å². The Morgan fingerprint density at radius 3 is 2.11 bits per heavy atom. The highest BCUT2D eigenvalue weighted by Crippen LogP contribution is 2.49. The fourth-order valence-corrected chi connectivity index (χ4v) is 3.76. The van der Waals surface area contributed by atoms with Gasteiger partial charge in [-0.2, -0.15) is 0 Å². The van der Waals surface area contributed by atoms with Crippen molar-refractivity contribution in [3.05, 3.63) is 77.9 Å². The third kappa shape index (κ3) is 8.08. The average Bonchev–Trinajstić information content (AvgIpc) is 2.81. The highest BCUT2D eigenvalue weighted by Gasteiger charge is 2.52. The first-order valence-corrected chi connectivity index (χ1v) is 11.5. The van der Waals surface area contributed by atoms with Crippen molar-refractivity contribution in [3.63, 3.8) is 0 Å². The van der Waals surface area contributed by atoms with E-state index in [2.05, 4.69) is 0 Å². The second-order valence-corrected chi connectivity index (χ2v) is 8.79. The lowest BCUT2D eigenvalue weighted by Gasteiger charge is -2.45. The maximum atomic E-state index is 12.5. The molecule has 1 aromatic carbocycles. The minimum atomic E-state index is -1.06. The Kier molecular flexibility index (Phi) is 11.6. The summed E-state index contributed by atoms with van der Waals surface area (Å²) in [5.74, 6) is -3.21. The maximum absolute atomic E-state index is 12.5. The first-order valence-electron chi connectivity index (χ1n) is 11.5. The predicted molar refractivity (Wildman–Crippen MR) is 136 cm³/mol. The highest BCUT2D eigenvalue weighted by molar-refractivity contribution is 5.95. The molecule has 36 heavy (non-hydrogen) atoms. The molecule has 0 aromatic heterocycles. The van der Waals surface area contributed by atoms with Crippen molar-refractivity contribution >= 4 is 30.0 Å². The van der Waals surface area contributed by atoms with Crippen molar-refractivity contribution in [2.45, 2.75) is 34.6 Å². The number of hydrogen-bond acceptors (Lipinski definition) is 6. The topological polar surface area (TPSA) is 127 Å². The van der Waals surface area contributed by atoms with Crippen LogP contribution >= 0.6 is 0 Å². The summed E-state index contributed by atoms with van der Waals surface area (Å²) in [6.07, 6.45) is 12.3. The zero-order valence-electron chi connectivity index (χ0n) is 21.3. The molecule has 1 aromatic rings. The third-order valence-electron chi connectivity index (χ3n) is 5.48. The lowest BCUT2D eigenvalue weighted by molar-refractivity contribution is -0.160. The molecule has 0 radical (unpaired) electrons. The van der Waals surface area contributed by atoms with Gasteiger partial charge in [0.15, 0.2) is 0 Å². The smallest absolute Gasteiger partial charge is 0.338 e. The van der Waals surface area contributed by atoms with E-state index in [0.29, 0.717) is 17.7 Å². The molecule has 2 atom stereocenters. The summed E-state index contributed by atoms with van der Waals surface area (Å²) in [4.78, 5) is 45.2. The summed E-state index contributed by atoms with van der Waals surface area (Å²) < 4.78 is 10.1. The van der Waals surface area contributed by atoms with Gasteiger partial charge in [0.05, 0.1) is 18.8 Å². The Hall–Kier alpha value is -3.94. The molecule has 2 unspecified atom stereocenters. The Bertz CT molecular complexity index is 1060. The predicted octanol–water partition coefficient (Wildman–Crippen LogP) is 4.93. The monoisotopic (exact) mass is 498 g/mol. The number of carboxylic acid groups (broad SMARTS) is 2. The van der Waals surface area contributed by atoms with Gasteiger partial charge in [0, 0.05) is 18.1 Å². The second kappa shape index (κ2) is 13.8. The molecule has 0 aliphatic heterocycles. The molecule has 0 spiro atoms. The van der Waals surface area contributed by atoms with E-state index in [4.69, 9.17) is 19.7 Å². The Balaban J connectivity index is 0.000000369. The maximum Gasteiger partial charge on any atom is 0.338 e. The molecule has 0 fully saturated rings. The molecule has 8 nitrogen and oxygen atoms in total. The van der Waals surface area contributed by atoms with Gasteiger partial charge in [-0.15, -0.1) is 0 Å². The van der Waals surface area contributed by atoms with Crippen LogP contribution in [0.25, 0.3) is 6.08 Å². The van der Waals surface area contributed by atoms with Gasteiger partial charge < -0.3 is 19.7 Å². The average molecular weight is 499 g/mol. The molecule has 0 saturated carbocycles. The van der Waals surface area contributed by atoms with Crippen LogP contribution in [0, 0.1) is 16.7 Å². The number of ether oxygens (including phenoxy) is 2. The SMILES string of the molecule is CCOC(=O)C1(C(C)(C)C)C=CC=CC1/C=C/C(=O)O.CCOC(=O)c1ccccc1/C=C/C(=O)O. The van der Waals surface area contributed by atoms with Gasteiger partial charge in [-0.3, -0.25) is 4.79 Å².